The van der Waals surface area contributed by atoms with E-state index in [4.69, 9.17) is 0 Å². The third-order valence-electron chi connectivity index (χ3n) is 2.35. The minimum Gasteiger partial charge on any atom is 1.00 e. The molecule has 0 aromatic heterocycles. The van der Waals surface area contributed by atoms with Crippen LogP contribution in [0.25, 0.3) is 10.8 Å². The molecule has 6 heteroatoms. The van der Waals surface area contributed by atoms with E-state index < -0.39 is 0 Å². The van der Waals surface area contributed by atoms with Gasteiger partial charge in [-0.2, -0.15) is 0 Å². The SMILES string of the molecule is O=C([Se-])c1ccc2ccccc2c1C(=O)[Se-].[Na+].[Na+]. The van der Waals surface area contributed by atoms with Crippen molar-refractivity contribution in [1.82, 2.24) is 0 Å². The van der Waals surface area contributed by atoms with Crippen molar-refractivity contribution in [1.29, 1.82) is 0 Å². The number of hydrogen-bond acceptors (Lipinski definition) is 2. The second-order valence-corrected chi connectivity index (χ2v) is 4.84. The minimum absolute atomic E-state index is 0. The predicted octanol–water partition coefficient (Wildman–Crippen LogP) is -4.53. The van der Waals surface area contributed by atoms with Gasteiger partial charge in [-0.1, -0.05) is 0 Å². The summed E-state index contributed by atoms with van der Waals surface area (Å²) < 4.78 is -0.431. The van der Waals surface area contributed by atoms with Crippen molar-refractivity contribution in [2.45, 2.75) is 0 Å². The summed E-state index contributed by atoms with van der Waals surface area (Å²) in [5.41, 5.74) is 0.865. The van der Waals surface area contributed by atoms with Gasteiger partial charge in [0.05, 0.1) is 0 Å². The summed E-state index contributed by atoms with van der Waals surface area (Å²) in [7, 11) is 0. The van der Waals surface area contributed by atoms with Crippen LogP contribution in [-0.4, -0.2) is 41.4 Å². The Morgan fingerprint density at radius 1 is 0.833 bits per heavy atom. The van der Waals surface area contributed by atoms with Gasteiger partial charge in [-0.25, -0.2) is 0 Å². The Kier molecular flexibility index (Phi) is 8.89. The molecule has 2 aromatic carbocycles. The summed E-state index contributed by atoms with van der Waals surface area (Å²) in [5.74, 6) is 0. The first-order valence-electron chi connectivity index (χ1n) is 4.55. The first-order chi connectivity index (χ1) is 7.61. The van der Waals surface area contributed by atoms with E-state index in [2.05, 4.69) is 32.0 Å². The van der Waals surface area contributed by atoms with E-state index in [9.17, 15) is 9.59 Å². The molecule has 0 saturated carbocycles. The first kappa shape index (κ1) is 19.1. The summed E-state index contributed by atoms with van der Waals surface area (Å²) in [6.45, 7) is 0. The molecule has 0 amide bonds. The van der Waals surface area contributed by atoms with Crippen LogP contribution in [0.4, 0.5) is 0 Å². The smallest absolute Gasteiger partial charge is 1.00 e. The van der Waals surface area contributed by atoms with Gasteiger partial charge >= 0.3 is 168 Å². The Bertz CT molecular complexity index is 600. The van der Waals surface area contributed by atoms with Crippen LogP contribution in [0.1, 0.15) is 20.7 Å². The summed E-state index contributed by atoms with van der Waals surface area (Å²) in [6, 6.07) is 11.0. The molecule has 2 nitrogen and oxygen atoms in total. The quantitative estimate of drug-likeness (QED) is 0.488. The van der Waals surface area contributed by atoms with Gasteiger partial charge in [0.25, 0.3) is 0 Å². The number of hydrogen-bond donors (Lipinski definition) is 0. The third-order valence-corrected chi connectivity index (χ3v) is 3.24. The molecule has 2 rings (SSSR count). The van der Waals surface area contributed by atoms with Gasteiger partial charge in [0.1, 0.15) is 0 Å². The monoisotopic (exact) mass is 388 g/mol. The zero-order valence-corrected chi connectivity index (χ0v) is 17.5. The molecule has 0 aliphatic heterocycles. The van der Waals surface area contributed by atoms with Crippen LogP contribution in [-0.2, 0) is 0 Å². The van der Waals surface area contributed by atoms with Crippen LogP contribution >= 0.6 is 0 Å². The van der Waals surface area contributed by atoms with Crippen molar-refractivity contribution in [2.75, 3.05) is 0 Å². The molecule has 0 bridgehead atoms. The fourth-order valence-corrected chi connectivity index (χ4v) is 2.48. The fraction of sp³-hybridized carbons (Fsp3) is 0. The summed E-state index contributed by atoms with van der Waals surface area (Å²) in [5, 5.41) is 1.75. The van der Waals surface area contributed by atoms with Crippen LogP contribution in [0.3, 0.4) is 0 Å². The van der Waals surface area contributed by atoms with Crippen molar-refractivity contribution in [3.8, 4) is 0 Å². The number of benzene rings is 2. The maximum Gasteiger partial charge on any atom is 1.00 e. The first-order valence-corrected chi connectivity index (χ1v) is 6.27. The Balaban J connectivity index is 0.00000144. The predicted molar refractivity (Wildman–Crippen MR) is 64.1 cm³/mol. The third kappa shape index (κ3) is 4.04. The molecule has 0 aliphatic carbocycles. The molecular weight excluding hydrogens is 380 g/mol. The van der Waals surface area contributed by atoms with Gasteiger partial charge < -0.3 is 0 Å². The fourth-order valence-electron chi connectivity index (χ4n) is 1.66. The van der Waals surface area contributed by atoms with Crippen LogP contribution in [0.2, 0.25) is 0 Å². The van der Waals surface area contributed by atoms with Crippen molar-refractivity contribution < 1.29 is 68.7 Å². The average molecular weight is 386 g/mol. The van der Waals surface area contributed by atoms with Crippen molar-refractivity contribution in [3.05, 3.63) is 47.5 Å². The molecule has 2 aromatic rings. The van der Waals surface area contributed by atoms with E-state index in [0.29, 0.717) is 11.1 Å². The molecule has 80 valence electrons. The van der Waals surface area contributed by atoms with Gasteiger partial charge in [0.2, 0.25) is 0 Å². The number of carbonyl (C=O) groups excluding carboxylic acids is 2. The molecule has 18 heavy (non-hydrogen) atoms. The zero-order valence-electron chi connectivity index (χ0n) is 10.1. The summed E-state index contributed by atoms with van der Waals surface area (Å²) >= 11 is 4.85. The standard InChI is InChI=1S/C12H8O2Se2.2Na/c13-11(15)9-6-5-7-3-1-2-4-8(7)10(9)12(14)16;;/h1-6H,(H,13,15)(H,14,16);;/q;2*+1/p-2. The molecule has 0 unspecified atom stereocenters. The van der Waals surface area contributed by atoms with E-state index in [0.717, 1.165) is 10.8 Å². The Morgan fingerprint density at radius 2 is 1.44 bits per heavy atom. The molecule has 0 atom stereocenters. The molecule has 0 aliphatic rings. The van der Waals surface area contributed by atoms with E-state index in [1.165, 1.54) is 0 Å². The topological polar surface area (TPSA) is 34.1 Å². The van der Waals surface area contributed by atoms with E-state index >= 15 is 0 Å². The maximum absolute atomic E-state index is 11.6. The van der Waals surface area contributed by atoms with E-state index in [1.54, 1.807) is 6.07 Å². The van der Waals surface area contributed by atoms with Gasteiger partial charge in [-0.05, 0) is 0 Å². The number of fused-ring (bicyclic) bond motifs is 1. The van der Waals surface area contributed by atoms with Gasteiger partial charge in [0.15, 0.2) is 0 Å². The van der Waals surface area contributed by atoms with Gasteiger partial charge in [-0.15, -0.1) is 0 Å². The van der Waals surface area contributed by atoms with E-state index in [1.807, 2.05) is 30.3 Å². The molecule has 0 N–H and O–H groups in total. The second-order valence-electron chi connectivity index (χ2n) is 3.28. The minimum atomic E-state index is -0.218. The second kappa shape index (κ2) is 8.38. The van der Waals surface area contributed by atoms with Gasteiger partial charge in [-0.3, -0.25) is 0 Å². The Morgan fingerprint density at radius 3 is 2.00 bits per heavy atom. The summed E-state index contributed by atoms with van der Waals surface area (Å²) in [4.78, 5) is 23.0. The number of rotatable bonds is 2. The summed E-state index contributed by atoms with van der Waals surface area (Å²) in [6.07, 6.45) is 0. The zero-order chi connectivity index (χ0) is 11.7. The van der Waals surface area contributed by atoms with Crippen LogP contribution < -0.4 is 59.1 Å². The molecule has 0 radical (unpaired) electrons. The van der Waals surface area contributed by atoms with Gasteiger partial charge in [0, 0.05) is 0 Å². The molecular formula is C12H6Na2O2Se2. The average Bonchev–Trinajstić information content (AvgIpc) is 2.27. The molecule has 0 spiro atoms. The van der Waals surface area contributed by atoms with Crippen molar-refractivity contribution >= 4 is 52.2 Å². The normalized spacial score (nSPS) is 9.11. The Hall–Kier alpha value is 1.08. The maximum atomic E-state index is 11.6. The molecule has 0 saturated heterocycles. The van der Waals surface area contributed by atoms with Crippen molar-refractivity contribution in [3.63, 3.8) is 0 Å². The largest absolute Gasteiger partial charge is 1.00 e. The van der Waals surface area contributed by atoms with Crippen LogP contribution in [0.15, 0.2) is 36.4 Å². The molecule has 0 fully saturated rings. The number of carbonyl (C=O) groups is 2. The Labute approximate surface area is 166 Å². The van der Waals surface area contributed by atoms with Crippen LogP contribution in [0.5, 0.6) is 0 Å². The van der Waals surface area contributed by atoms with E-state index in [-0.39, 0.29) is 68.5 Å². The molecule has 0 heterocycles. The van der Waals surface area contributed by atoms with Crippen molar-refractivity contribution in [2.24, 2.45) is 0 Å². The van der Waals surface area contributed by atoms with Crippen LogP contribution in [0, 0.1) is 0 Å².